The van der Waals surface area contributed by atoms with Crippen LogP contribution in [0.5, 0.6) is 0 Å². The fourth-order valence-corrected chi connectivity index (χ4v) is 3.67. The van der Waals surface area contributed by atoms with Gasteiger partial charge >= 0.3 is 0 Å². The largest absolute Gasteiger partial charge is 0.330 e. The van der Waals surface area contributed by atoms with E-state index in [1.165, 1.54) is 4.90 Å². The van der Waals surface area contributed by atoms with Gasteiger partial charge in [0.2, 0.25) is 0 Å². The average molecular weight is 302 g/mol. The van der Waals surface area contributed by atoms with Crippen molar-refractivity contribution in [2.24, 2.45) is 0 Å². The van der Waals surface area contributed by atoms with Gasteiger partial charge < -0.3 is 4.90 Å². The number of hydrogen-bond acceptors (Lipinski definition) is 3. The van der Waals surface area contributed by atoms with E-state index in [2.05, 4.69) is 29.9 Å². The minimum atomic E-state index is 0.202. The van der Waals surface area contributed by atoms with E-state index < -0.39 is 0 Å². The molecule has 1 aliphatic heterocycles. The Labute approximate surface area is 126 Å². The molecule has 0 bridgehead atoms. The maximum absolute atomic E-state index is 12.6. The van der Waals surface area contributed by atoms with Gasteiger partial charge in [0.25, 0.3) is 0 Å². The summed E-state index contributed by atoms with van der Waals surface area (Å²) in [6, 6.07) is 4.11. The summed E-state index contributed by atoms with van der Waals surface area (Å²) in [5.74, 6) is 0.202. The van der Waals surface area contributed by atoms with Crippen LogP contribution < -0.4 is 4.90 Å². The second-order valence-electron chi connectivity index (χ2n) is 5.09. The first-order valence-corrected chi connectivity index (χ1v) is 8.42. The molecule has 1 fully saturated rings. The molecule has 20 heavy (non-hydrogen) atoms. The highest BCUT2D eigenvalue weighted by molar-refractivity contribution is 7.08. The molecule has 1 saturated heterocycles. The first kappa shape index (κ1) is 13.5. The summed E-state index contributed by atoms with van der Waals surface area (Å²) < 4.78 is 0. The fraction of sp³-hybridized carbons (Fsp3) is 0.188. The highest BCUT2D eigenvalue weighted by Gasteiger charge is 2.26. The van der Waals surface area contributed by atoms with Gasteiger partial charge in [0.05, 0.1) is 18.2 Å². The van der Waals surface area contributed by atoms with Crippen molar-refractivity contribution < 1.29 is 9.69 Å². The van der Waals surface area contributed by atoms with Gasteiger partial charge in [0.1, 0.15) is 13.1 Å². The molecule has 0 aliphatic carbocycles. The number of likely N-dealkylation sites (tertiary alicyclic amines) is 1. The molecule has 0 atom stereocenters. The van der Waals surface area contributed by atoms with E-state index in [9.17, 15) is 4.79 Å². The monoisotopic (exact) mass is 302 g/mol. The van der Waals surface area contributed by atoms with Crippen LogP contribution in [0, 0.1) is 0 Å². The van der Waals surface area contributed by atoms with Crippen LogP contribution in [0.3, 0.4) is 0 Å². The Kier molecular flexibility index (Phi) is 3.96. The Balaban J connectivity index is 1.92. The van der Waals surface area contributed by atoms with Gasteiger partial charge in [-0.15, -0.1) is 0 Å². The van der Waals surface area contributed by atoms with Crippen molar-refractivity contribution in [3.8, 4) is 0 Å². The van der Waals surface area contributed by atoms with Crippen LogP contribution in [-0.4, -0.2) is 25.9 Å². The van der Waals surface area contributed by atoms with E-state index in [-0.39, 0.29) is 5.78 Å². The van der Waals surface area contributed by atoms with Crippen molar-refractivity contribution in [1.29, 1.82) is 0 Å². The number of Topliss-reactive ketones (excluding diaryl/α,β-unsaturated/α-hetero) is 1. The highest BCUT2D eigenvalue weighted by atomic mass is 32.1. The number of carbonyl (C=O) groups excluding carboxylic acids is 1. The predicted octanol–water partition coefficient (Wildman–Crippen LogP) is 2.37. The molecular formula is C16H16NOS2+. The molecular weight excluding hydrogens is 286 g/mol. The van der Waals surface area contributed by atoms with E-state index in [0.29, 0.717) is 0 Å². The van der Waals surface area contributed by atoms with Crippen molar-refractivity contribution in [2.45, 2.75) is 0 Å². The molecule has 4 heteroatoms. The van der Waals surface area contributed by atoms with Gasteiger partial charge in [-0.25, -0.2) is 0 Å². The molecule has 102 valence electrons. The minimum absolute atomic E-state index is 0.202. The van der Waals surface area contributed by atoms with Crippen molar-refractivity contribution in [1.82, 2.24) is 0 Å². The van der Waals surface area contributed by atoms with Gasteiger partial charge in [0, 0.05) is 0 Å². The van der Waals surface area contributed by atoms with Gasteiger partial charge in [-0.05, 0) is 56.9 Å². The smallest absolute Gasteiger partial charge is 0.196 e. The van der Waals surface area contributed by atoms with Crippen LogP contribution in [0.2, 0.25) is 0 Å². The van der Waals surface area contributed by atoms with E-state index in [0.717, 1.165) is 35.4 Å². The van der Waals surface area contributed by atoms with Gasteiger partial charge in [-0.2, -0.15) is 22.7 Å². The zero-order chi connectivity index (χ0) is 13.9. The van der Waals surface area contributed by atoms with Crippen LogP contribution >= 0.6 is 22.7 Å². The van der Waals surface area contributed by atoms with Crippen molar-refractivity contribution >= 4 is 40.6 Å². The minimum Gasteiger partial charge on any atom is -0.330 e. The van der Waals surface area contributed by atoms with Crippen LogP contribution in [0.25, 0.3) is 12.2 Å². The third-order valence-electron chi connectivity index (χ3n) is 3.34. The molecule has 3 heterocycles. The third kappa shape index (κ3) is 2.98. The summed E-state index contributed by atoms with van der Waals surface area (Å²) in [5, 5.41) is 8.23. The molecule has 0 spiro atoms. The second kappa shape index (κ2) is 5.87. The summed E-state index contributed by atoms with van der Waals surface area (Å²) in [6.07, 6.45) is 4.06. The number of carbonyl (C=O) groups is 1. The normalized spacial score (nSPS) is 23.6. The van der Waals surface area contributed by atoms with Crippen LogP contribution in [0.15, 0.2) is 44.8 Å². The molecule has 1 N–H and O–H groups in total. The van der Waals surface area contributed by atoms with E-state index in [1.54, 1.807) is 22.7 Å². The lowest BCUT2D eigenvalue weighted by molar-refractivity contribution is -0.870. The molecule has 1 aliphatic rings. The molecule has 0 radical (unpaired) electrons. The Morgan fingerprint density at radius 2 is 1.50 bits per heavy atom. The average Bonchev–Trinajstić information content (AvgIpc) is 3.08. The Morgan fingerprint density at radius 1 is 1.00 bits per heavy atom. The maximum Gasteiger partial charge on any atom is 0.196 e. The predicted molar refractivity (Wildman–Crippen MR) is 86.2 cm³/mol. The van der Waals surface area contributed by atoms with Gasteiger partial charge in [-0.1, -0.05) is 0 Å². The molecule has 0 saturated carbocycles. The Bertz CT molecular complexity index is 594. The molecule has 0 aromatic carbocycles. The number of rotatable bonds is 2. The lowest BCUT2D eigenvalue weighted by Gasteiger charge is -2.23. The molecule has 2 aromatic rings. The Morgan fingerprint density at radius 3 is 1.90 bits per heavy atom. The standard InChI is InChI=1S/C16H15NOS2/c1-17-8-14(6-12-2-4-19-10-12)16(18)15(9-17)7-13-3-5-20-11-13/h2-7,10-11H,8-9H2,1H3/p+1/b14-6-,15-7-. The van der Waals surface area contributed by atoms with E-state index in [1.807, 2.05) is 22.9 Å². The number of ketones is 1. The summed E-state index contributed by atoms with van der Waals surface area (Å²) >= 11 is 3.32. The number of quaternary nitrogens is 1. The van der Waals surface area contributed by atoms with Crippen LogP contribution in [0.4, 0.5) is 0 Å². The Hall–Kier alpha value is -1.49. The molecule has 2 nitrogen and oxygen atoms in total. The van der Waals surface area contributed by atoms with Gasteiger partial charge in [-0.3, -0.25) is 4.79 Å². The highest BCUT2D eigenvalue weighted by Crippen LogP contribution is 2.18. The lowest BCUT2D eigenvalue weighted by Crippen LogP contribution is -3.10. The quantitative estimate of drug-likeness (QED) is 0.845. The van der Waals surface area contributed by atoms with Crippen molar-refractivity contribution in [2.75, 3.05) is 20.1 Å². The number of likely N-dealkylation sites (N-methyl/N-ethyl adjacent to an activating group) is 1. The number of piperidine rings is 1. The van der Waals surface area contributed by atoms with E-state index >= 15 is 0 Å². The first-order chi connectivity index (χ1) is 9.72. The summed E-state index contributed by atoms with van der Waals surface area (Å²) in [4.78, 5) is 13.9. The number of thiophene rings is 2. The fourth-order valence-electron chi connectivity index (χ4n) is 2.43. The third-order valence-corrected chi connectivity index (χ3v) is 4.74. The number of nitrogens with one attached hydrogen (secondary N) is 1. The lowest BCUT2D eigenvalue weighted by atomic mass is 9.95. The van der Waals surface area contributed by atoms with Crippen molar-refractivity contribution in [3.05, 3.63) is 55.9 Å². The first-order valence-electron chi connectivity index (χ1n) is 6.54. The topological polar surface area (TPSA) is 21.5 Å². The summed E-state index contributed by atoms with van der Waals surface area (Å²) in [7, 11) is 2.13. The molecule has 2 aromatic heterocycles. The maximum atomic E-state index is 12.6. The van der Waals surface area contributed by atoms with E-state index in [4.69, 9.17) is 0 Å². The van der Waals surface area contributed by atoms with Crippen LogP contribution in [-0.2, 0) is 4.79 Å². The number of hydrogen-bond donors (Lipinski definition) is 1. The molecule has 0 unspecified atom stereocenters. The molecule has 3 rings (SSSR count). The summed E-state index contributed by atoms with van der Waals surface area (Å²) in [5.41, 5.74) is 4.08. The van der Waals surface area contributed by atoms with Crippen molar-refractivity contribution in [3.63, 3.8) is 0 Å². The zero-order valence-corrected chi connectivity index (χ0v) is 12.9. The van der Waals surface area contributed by atoms with Crippen LogP contribution in [0.1, 0.15) is 11.1 Å². The SMILES string of the molecule is C[NH+]1C/C(=C/c2ccsc2)C(=O)/C(=C\c2ccsc2)C1. The second-order valence-corrected chi connectivity index (χ2v) is 6.65. The summed E-state index contributed by atoms with van der Waals surface area (Å²) in [6.45, 7) is 1.60. The molecule has 0 amide bonds. The van der Waals surface area contributed by atoms with Gasteiger partial charge in [0.15, 0.2) is 5.78 Å². The zero-order valence-electron chi connectivity index (χ0n) is 11.3.